The van der Waals surface area contributed by atoms with Crippen molar-refractivity contribution in [3.05, 3.63) is 0 Å². The van der Waals surface area contributed by atoms with Crippen molar-refractivity contribution in [2.24, 2.45) is 29.1 Å². The molecule has 0 radical (unpaired) electrons. The molecule has 5 rings (SSSR count). The molecule has 1 heteroatoms. The fraction of sp³-hybridized carbons (Fsp3) is 1.00. The van der Waals surface area contributed by atoms with E-state index in [4.69, 9.17) is 0 Å². The molecule has 0 aromatic rings. The Bertz CT molecular complexity index is 273. The predicted molar refractivity (Wildman–Crippen MR) is 68.6 cm³/mol. The highest BCUT2D eigenvalue weighted by Gasteiger charge is 2.55. The van der Waals surface area contributed by atoms with Gasteiger partial charge in [-0.15, -0.1) is 0 Å². The first kappa shape index (κ1) is 10.8. The molecule has 96 valence electrons. The van der Waals surface area contributed by atoms with Gasteiger partial charge < -0.3 is 5.11 Å². The van der Waals surface area contributed by atoms with Gasteiger partial charge in [0.1, 0.15) is 0 Å². The molecule has 17 heavy (non-hydrogen) atoms. The van der Waals surface area contributed by atoms with Gasteiger partial charge in [-0.25, -0.2) is 0 Å². The molecule has 1 nitrogen and oxygen atoms in total. The molecule has 0 amide bonds. The van der Waals surface area contributed by atoms with Crippen molar-refractivity contribution in [2.45, 2.75) is 70.3 Å². The maximum absolute atomic E-state index is 10.4. The fourth-order valence-electron chi connectivity index (χ4n) is 6.46. The van der Waals surface area contributed by atoms with Crippen LogP contribution in [-0.4, -0.2) is 11.2 Å². The van der Waals surface area contributed by atoms with Crippen LogP contribution in [0.15, 0.2) is 0 Å². The maximum atomic E-state index is 10.4. The van der Waals surface area contributed by atoms with E-state index in [1.54, 1.807) is 0 Å². The van der Waals surface area contributed by atoms with E-state index in [0.717, 1.165) is 24.2 Å². The molecule has 2 atom stereocenters. The van der Waals surface area contributed by atoms with Crippen LogP contribution in [-0.2, 0) is 0 Å². The van der Waals surface area contributed by atoms with Gasteiger partial charge in [0.25, 0.3) is 0 Å². The molecule has 0 spiro atoms. The SMILES string of the molecule is O[C@@H]1CCCC[C@H]1C12CC3CC(CC(C3)C1)C2. The van der Waals surface area contributed by atoms with Crippen LogP contribution in [0.2, 0.25) is 0 Å². The zero-order valence-corrected chi connectivity index (χ0v) is 10.9. The number of hydrogen-bond acceptors (Lipinski definition) is 1. The zero-order valence-electron chi connectivity index (χ0n) is 10.9. The van der Waals surface area contributed by atoms with Gasteiger partial charge in [0.2, 0.25) is 0 Å². The Morgan fingerprint density at radius 2 is 1.29 bits per heavy atom. The topological polar surface area (TPSA) is 20.2 Å². The van der Waals surface area contributed by atoms with Gasteiger partial charge in [-0.3, -0.25) is 0 Å². The molecule has 0 aromatic heterocycles. The van der Waals surface area contributed by atoms with E-state index in [1.165, 1.54) is 57.8 Å². The molecular weight excluding hydrogens is 208 g/mol. The molecule has 5 aliphatic carbocycles. The van der Waals surface area contributed by atoms with Gasteiger partial charge in [0.15, 0.2) is 0 Å². The highest BCUT2D eigenvalue weighted by Crippen LogP contribution is 2.64. The van der Waals surface area contributed by atoms with Crippen molar-refractivity contribution in [2.75, 3.05) is 0 Å². The second-order valence-electron chi connectivity index (χ2n) is 7.74. The normalized spacial score (nSPS) is 57.4. The smallest absolute Gasteiger partial charge is 0.0573 e. The van der Waals surface area contributed by atoms with E-state index in [9.17, 15) is 5.11 Å². The van der Waals surface area contributed by atoms with E-state index in [2.05, 4.69) is 0 Å². The Morgan fingerprint density at radius 3 is 1.82 bits per heavy atom. The van der Waals surface area contributed by atoms with E-state index in [-0.39, 0.29) is 6.10 Å². The van der Waals surface area contributed by atoms with Crippen LogP contribution in [0.4, 0.5) is 0 Å². The van der Waals surface area contributed by atoms with Gasteiger partial charge in [-0.05, 0) is 80.5 Å². The quantitative estimate of drug-likeness (QED) is 0.732. The summed E-state index contributed by atoms with van der Waals surface area (Å²) in [6.07, 6.45) is 14.1. The van der Waals surface area contributed by atoms with Crippen molar-refractivity contribution >= 4 is 0 Å². The first-order valence-electron chi connectivity index (χ1n) is 7.93. The Morgan fingerprint density at radius 1 is 0.765 bits per heavy atom. The number of aliphatic hydroxyl groups excluding tert-OH is 1. The molecule has 0 aliphatic heterocycles. The summed E-state index contributed by atoms with van der Waals surface area (Å²) in [7, 11) is 0. The molecule has 5 fully saturated rings. The minimum Gasteiger partial charge on any atom is -0.393 e. The lowest BCUT2D eigenvalue weighted by atomic mass is 9.45. The summed E-state index contributed by atoms with van der Waals surface area (Å²) in [6.45, 7) is 0. The molecule has 0 aromatic carbocycles. The Kier molecular flexibility index (Phi) is 2.38. The number of aliphatic hydroxyl groups is 1. The highest BCUT2D eigenvalue weighted by molar-refractivity contribution is 5.05. The minimum absolute atomic E-state index is 0.0417. The van der Waals surface area contributed by atoms with Crippen LogP contribution in [0.3, 0.4) is 0 Å². The predicted octanol–water partition coefficient (Wildman–Crippen LogP) is 3.75. The summed E-state index contributed by atoms with van der Waals surface area (Å²) in [5.74, 6) is 3.78. The number of rotatable bonds is 1. The number of hydrogen-bond donors (Lipinski definition) is 1. The van der Waals surface area contributed by atoms with E-state index < -0.39 is 0 Å². The van der Waals surface area contributed by atoms with Crippen molar-refractivity contribution in [3.8, 4) is 0 Å². The summed E-state index contributed by atoms with van der Waals surface area (Å²) in [5, 5.41) is 10.4. The maximum Gasteiger partial charge on any atom is 0.0573 e. The molecule has 5 saturated carbocycles. The Labute approximate surface area is 105 Å². The lowest BCUT2D eigenvalue weighted by Gasteiger charge is -2.61. The monoisotopic (exact) mass is 234 g/mol. The second-order valence-corrected chi connectivity index (χ2v) is 7.74. The zero-order chi connectivity index (χ0) is 11.5. The van der Waals surface area contributed by atoms with Crippen molar-refractivity contribution in [1.82, 2.24) is 0 Å². The molecule has 1 N–H and O–H groups in total. The third kappa shape index (κ3) is 1.61. The van der Waals surface area contributed by atoms with E-state index >= 15 is 0 Å². The summed E-state index contributed by atoms with van der Waals surface area (Å²) >= 11 is 0. The van der Waals surface area contributed by atoms with Crippen molar-refractivity contribution in [3.63, 3.8) is 0 Å². The average Bonchev–Trinajstić information content (AvgIpc) is 2.27. The highest BCUT2D eigenvalue weighted by atomic mass is 16.3. The summed E-state index contributed by atoms with van der Waals surface area (Å²) in [5.41, 5.74) is 0.592. The van der Waals surface area contributed by atoms with E-state index in [0.29, 0.717) is 11.3 Å². The molecule has 0 saturated heterocycles. The van der Waals surface area contributed by atoms with Gasteiger partial charge in [-0.2, -0.15) is 0 Å². The average molecular weight is 234 g/mol. The third-order valence-electron chi connectivity index (χ3n) is 6.60. The van der Waals surface area contributed by atoms with Crippen LogP contribution in [0.25, 0.3) is 0 Å². The van der Waals surface area contributed by atoms with E-state index in [1.807, 2.05) is 0 Å². The summed E-state index contributed by atoms with van der Waals surface area (Å²) in [6, 6.07) is 0. The molecule has 4 bridgehead atoms. The summed E-state index contributed by atoms with van der Waals surface area (Å²) < 4.78 is 0. The molecule has 5 aliphatic rings. The van der Waals surface area contributed by atoms with Crippen LogP contribution in [0.1, 0.15) is 64.2 Å². The Hall–Kier alpha value is -0.0400. The van der Waals surface area contributed by atoms with Crippen LogP contribution < -0.4 is 0 Å². The summed E-state index contributed by atoms with van der Waals surface area (Å²) in [4.78, 5) is 0. The lowest BCUT2D eigenvalue weighted by Crippen LogP contribution is -2.52. The molecular formula is C16H26O. The third-order valence-corrected chi connectivity index (χ3v) is 6.60. The van der Waals surface area contributed by atoms with Crippen molar-refractivity contribution in [1.29, 1.82) is 0 Å². The van der Waals surface area contributed by atoms with Crippen LogP contribution in [0.5, 0.6) is 0 Å². The standard InChI is InChI=1S/C16H26O/c17-15-4-2-1-3-14(15)16-8-11-5-12(9-16)7-13(6-11)10-16/h11-15,17H,1-10H2/t11?,12?,13?,14-,15-,16?/m1/s1. The first-order chi connectivity index (χ1) is 8.25. The largest absolute Gasteiger partial charge is 0.393 e. The Balaban J connectivity index is 1.63. The first-order valence-corrected chi connectivity index (χ1v) is 7.93. The minimum atomic E-state index is 0.0417. The van der Waals surface area contributed by atoms with Gasteiger partial charge in [0, 0.05) is 0 Å². The molecule has 0 heterocycles. The molecule has 0 unspecified atom stereocenters. The van der Waals surface area contributed by atoms with Crippen molar-refractivity contribution < 1.29 is 5.11 Å². The van der Waals surface area contributed by atoms with Gasteiger partial charge >= 0.3 is 0 Å². The van der Waals surface area contributed by atoms with Crippen LogP contribution >= 0.6 is 0 Å². The second kappa shape index (κ2) is 3.73. The van der Waals surface area contributed by atoms with Crippen LogP contribution in [0, 0.1) is 29.1 Å². The lowest BCUT2D eigenvalue weighted by molar-refractivity contribution is -0.127. The van der Waals surface area contributed by atoms with Gasteiger partial charge in [0.05, 0.1) is 6.10 Å². The fourth-order valence-corrected chi connectivity index (χ4v) is 6.46. The van der Waals surface area contributed by atoms with Gasteiger partial charge in [-0.1, -0.05) is 12.8 Å².